The zero-order chi connectivity index (χ0) is 12.4. The summed E-state index contributed by atoms with van der Waals surface area (Å²) in [7, 11) is 1.53. The smallest absolute Gasteiger partial charge is 0.322 e. The predicted molar refractivity (Wildman–Crippen MR) is 66.6 cm³/mol. The molecule has 1 aliphatic rings. The summed E-state index contributed by atoms with van der Waals surface area (Å²) in [6.45, 7) is 5.39. The molecule has 2 atom stereocenters. The third-order valence-electron chi connectivity index (χ3n) is 3.39. The molecule has 1 aromatic rings. The van der Waals surface area contributed by atoms with Crippen LogP contribution in [-0.4, -0.2) is 34.6 Å². The zero-order valence-electron chi connectivity index (χ0n) is 10.4. The Morgan fingerprint density at radius 2 is 2.06 bits per heavy atom. The molecule has 1 fully saturated rings. The van der Waals surface area contributed by atoms with Crippen LogP contribution in [0.1, 0.15) is 26.7 Å². The van der Waals surface area contributed by atoms with Gasteiger partial charge >= 0.3 is 6.01 Å². The van der Waals surface area contributed by atoms with Crippen LogP contribution in [-0.2, 0) is 0 Å². The molecule has 2 unspecified atom stereocenters. The molecular weight excluding hydrogens is 240 g/mol. The fraction of sp³-hybridized carbons (Fsp3) is 0.727. The topological polar surface area (TPSA) is 51.1 Å². The lowest BCUT2D eigenvalue weighted by atomic mass is 9.92. The summed E-state index contributed by atoms with van der Waals surface area (Å²) in [4.78, 5) is 14.5. The first-order valence-electron chi connectivity index (χ1n) is 5.84. The van der Waals surface area contributed by atoms with Gasteiger partial charge in [0.15, 0.2) is 0 Å². The molecule has 6 heteroatoms. The van der Waals surface area contributed by atoms with Crippen molar-refractivity contribution >= 4 is 17.5 Å². The van der Waals surface area contributed by atoms with Crippen LogP contribution in [0.2, 0.25) is 5.28 Å². The average Bonchev–Trinajstić information content (AvgIpc) is 2.31. The summed E-state index contributed by atoms with van der Waals surface area (Å²) in [6, 6.07) is 0.678. The number of halogens is 1. The predicted octanol–water partition coefficient (Wildman–Crippen LogP) is 2.16. The Balaban J connectivity index is 2.29. The van der Waals surface area contributed by atoms with Gasteiger partial charge in [-0.2, -0.15) is 15.0 Å². The maximum absolute atomic E-state index is 5.86. The van der Waals surface area contributed by atoms with Crippen LogP contribution >= 0.6 is 11.6 Å². The number of methoxy groups -OCH3 is 1. The molecule has 2 rings (SSSR count). The molecular formula is C11H17ClN4O. The van der Waals surface area contributed by atoms with Crippen molar-refractivity contribution < 1.29 is 4.74 Å². The number of hydrogen-bond acceptors (Lipinski definition) is 5. The van der Waals surface area contributed by atoms with Gasteiger partial charge in [0.2, 0.25) is 11.2 Å². The Bertz CT molecular complexity index is 401. The maximum atomic E-state index is 5.86. The van der Waals surface area contributed by atoms with Crippen LogP contribution in [0.3, 0.4) is 0 Å². The van der Waals surface area contributed by atoms with E-state index in [2.05, 4.69) is 33.7 Å². The van der Waals surface area contributed by atoms with Crippen molar-refractivity contribution in [2.75, 3.05) is 18.6 Å². The minimum absolute atomic E-state index is 0.178. The lowest BCUT2D eigenvalue weighted by Crippen LogP contribution is -2.43. The maximum Gasteiger partial charge on any atom is 0.322 e. The first kappa shape index (κ1) is 12.4. The Kier molecular flexibility index (Phi) is 3.66. The van der Waals surface area contributed by atoms with E-state index in [4.69, 9.17) is 16.3 Å². The summed E-state index contributed by atoms with van der Waals surface area (Å²) in [6.07, 6.45) is 2.39. The van der Waals surface area contributed by atoms with Crippen LogP contribution in [0.15, 0.2) is 0 Å². The van der Waals surface area contributed by atoms with Crippen molar-refractivity contribution in [1.82, 2.24) is 15.0 Å². The first-order chi connectivity index (χ1) is 8.11. The van der Waals surface area contributed by atoms with E-state index in [1.807, 2.05) is 0 Å². The summed E-state index contributed by atoms with van der Waals surface area (Å²) in [5.74, 6) is 1.24. The Hall–Kier alpha value is -1.10. The standard InChI is InChI=1S/C11H17ClN4O/c1-7-5-4-6-16(8(7)2)10-13-9(12)14-11(15-10)17-3/h7-8H,4-6H2,1-3H3. The van der Waals surface area contributed by atoms with Gasteiger partial charge in [-0.15, -0.1) is 0 Å². The summed E-state index contributed by atoms with van der Waals surface area (Å²) in [5, 5.41) is 0.178. The van der Waals surface area contributed by atoms with Crippen molar-refractivity contribution in [2.24, 2.45) is 5.92 Å². The van der Waals surface area contributed by atoms with E-state index in [0.717, 1.165) is 13.0 Å². The van der Waals surface area contributed by atoms with Crippen molar-refractivity contribution in [1.29, 1.82) is 0 Å². The fourth-order valence-electron chi connectivity index (χ4n) is 2.16. The number of ether oxygens (including phenoxy) is 1. The van der Waals surface area contributed by atoms with Gasteiger partial charge in [-0.3, -0.25) is 0 Å². The van der Waals surface area contributed by atoms with Crippen LogP contribution < -0.4 is 9.64 Å². The molecule has 0 aliphatic carbocycles. The number of nitrogens with zero attached hydrogens (tertiary/aromatic N) is 4. The van der Waals surface area contributed by atoms with Gasteiger partial charge < -0.3 is 9.64 Å². The van der Waals surface area contributed by atoms with Crippen molar-refractivity contribution in [3.8, 4) is 6.01 Å². The monoisotopic (exact) mass is 256 g/mol. The van der Waals surface area contributed by atoms with Gasteiger partial charge in [0, 0.05) is 12.6 Å². The van der Waals surface area contributed by atoms with Crippen LogP contribution in [0.4, 0.5) is 5.95 Å². The van der Waals surface area contributed by atoms with Crippen molar-refractivity contribution in [2.45, 2.75) is 32.7 Å². The molecule has 94 valence electrons. The first-order valence-corrected chi connectivity index (χ1v) is 6.22. The second-order valence-electron chi connectivity index (χ2n) is 4.44. The third-order valence-corrected chi connectivity index (χ3v) is 3.56. The van der Waals surface area contributed by atoms with E-state index in [1.54, 1.807) is 0 Å². The number of rotatable bonds is 2. The van der Waals surface area contributed by atoms with Crippen LogP contribution in [0.25, 0.3) is 0 Å². The fourth-order valence-corrected chi connectivity index (χ4v) is 2.31. The highest BCUT2D eigenvalue weighted by molar-refractivity contribution is 6.28. The Labute approximate surface area is 106 Å². The molecule has 0 radical (unpaired) electrons. The zero-order valence-corrected chi connectivity index (χ0v) is 11.1. The lowest BCUT2D eigenvalue weighted by Gasteiger charge is -2.37. The SMILES string of the molecule is COc1nc(Cl)nc(N2CCCC(C)C2C)n1. The average molecular weight is 257 g/mol. The molecule has 17 heavy (non-hydrogen) atoms. The molecule has 0 aromatic carbocycles. The Morgan fingerprint density at radius 1 is 1.29 bits per heavy atom. The third kappa shape index (κ3) is 2.60. The van der Waals surface area contributed by atoms with Crippen LogP contribution in [0, 0.1) is 5.92 Å². The quantitative estimate of drug-likeness (QED) is 0.812. The van der Waals surface area contributed by atoms with Crippen LogP contribution in [0.5, 0.6) is 6.01 Å². The molecule has 0 saturated carbocycles. The number of piperidine rings is 1. The molecule has 5 nitrogen and oxygen atoms in total. The largest absolute Gasteiger partial charge is 0.467 e. The number of hydrogen-bond donors (Lipinski definition) is 0. The van der Waals surface area contributed by atoms with Gasteiger partial charge in [-0.05, 0) is 37.3 Å². The highest BCUT2D eigenvalue weighted by Crippen LogP contribution is 2.27. The summed E-state index contributed by atoms with van der Waals surface area (Å²) in [5.41, 5.74) is 0. The number of aromatic nitrogens is 3. The minimum atomic E-state index is 0.178. The molecule has 0 N–H and O–H groups in total. The Morgan fingerprint density at radius 3 is 2.76 bits per heavy atom. The molecule has 0 bridgehead atoms. The van der Waals surface area contributed by atoms with Gasteiger partial charge in [0.05, 0.1) is 7.11 Å². The van der Waals surface area contributed by atoms with E-state index in [9.17, 15) is 0 Å². The van der Waals surface area contributed by atoms with Gasteiger partial charge in [-0.1, -0.05) is 6.92 Å². The van der Waals surface area contributed by atoms with Gasteiger partial charge in [0.25, 0.3) is 0 Å². The van der Waals surface area contributed by atoms with E-state index in [1.165, 1.54) is 13.5 Å². The summed E-state index contributed by atoms with van der Waals surface area (Å²) >= 11 is 5.86. The van der Waals surface area contributed by atoms with E-state index in [-0.39, 0.29) is 11.3 Å². The van der Waals surface area contributed by atoms with Crippen molar-refractivity contribution in [3.63, 3.8) is 0 Å². The van der Waals surface area contributed by atoms with Gasteiger partial charge in [0.1, 0.15) is 0 Å². The molecule has 1 aliphatic heterocycles. The summed E-state index contributed by atoms with van der Waals surface area (Å²) < 4.78 is 5.02. The molecule has 1 aromatic heterocycles. The molecule has 0 spiro atoms. The highest BCUT2D eigenvalue weighted by atomic mass is 35.5. The highest BCUT2D eigenvalue weighted by Gasteiger charge is 2.27. The van der Waals surface area contributed by atoms with Crippen molar-refractivity contribution in [3.05, 3.63) is 5.28 Å². The second kappa shape index (κ2) is 5.04. The van der Waals surface area contributed by atoms with E-state index >= 15 is 0 Å². The van der Waals surface area contributed by atoms with E-state index in [0.29, 0.717) is 17.9 Å². The van der Waals surface area contributed by atoms with E-state index < -0.39 is 0 Å². The molecule has 2 heterocycles. The molecule has 0 amide bonds. The normalized spacial score (nSPS) is 24.8. The molecule has 1 saturated heterocycles. The lowest BCUT2D eigenvalue weighted by molar-refractivity contribution is 0.351. The minimum Gasteiger partial charge on any atom is -0.467 e. The number of anilines is 1. The van der Waals surface area contributed by atoms with Gasteiger partial charge in [-0.25, -0.2) is 0 Å². The second-order valence-corrected chi connectivity index (χ2v) is 4.78.